The van der Waals surface area contributed by atoms with Gasteiger partial charge in [-0.05, 0) is 91.3 Å². The van der Waals surface area contributed by atoms with Gasteiger partial charge >= 0.3 is 0 Å². The van der Waals surface area contributed by atoms with E-state index in [1.807, 2.05) is 158 Å². The summed E-state index contributed by atoms with van der Waals surface area (Å²) in [6.45, 7) is 0. The van der Waals surface area contributed by atoms with Crippen LogP contribution in [0.25, 0.3) is 154 Å². The fraction of sp³-hybridized carbons (Fsp3) is 0. The van der Waals surface area contributed by atoms with Gasteiger partial charge in [0.05, 0.1) is 44.5 Å². The van der Waals surface area contributed by atoms with Crippen LogP contribution < -0.4 is 31.8 Å². The van der Waals surface area contributed by atoms with E-state index < -0.39 is 14.3 Å². The summed E-state index contributed by atoms with van der Waals surface area (Å²) in [4.78, 5) is 21.1. The molecule has 4 aromatic heterocycles. The standard InChI is InChI=1S/2C50H33N2OP/c53-54(37-16-6-2-7-17-37,38-18-8-3-9-19-38)39-28-24-34(25-29-39)40-31-32-43(42-21-11-10-20-41(40)42)47-33-27-36-26-30-45-48(35-14-4-1-5-15-35)44-22-12-13-23-46(44)52-50(45)49(36)51-47;53-54(41-14-6-2-7-15-41,42-16-8-3-9-17-42)43-28-24-34(25-29-43)37-20-21-39-33-40(23-22-38(39)32-37)46-31-27-36-26-30-45-48(35-12-4-1-5-13-35)44-18-10-11-19-47(44)52-50(45)49(36)51-46/h2*1-33H. The first-order chi connectivity index (χ1) is 53.3. The van der Waals surface area contributed by atoms with Gasteiger partial charge in [-0.3, -0.25) is 0 Å². The number of benzene rings is 16. The quantitative estimate of drug-likeness (QED) is 0.0688. The summed E-state index contributed by atoms with van der Waals surface area (Å²) in [5.74, 6) is 0. The third-order valence-corrected chi connectivity index (χ3v) is 27.2. The van der Waals surface area contributed by atoms with Gasteiger partial charge < -0.3 is 9.13 Å². The van der Waals surface area contributed by atoms with Gasteiger partial charge in [-0.2, -0.15) is 0 Å². The molecule has 8 heteroatoms. The molecule has 20 aromatic rings. The molecule has 0 aliphatic carbocycles. The van der Waals surface area contributed by atoms with Crippen LogP contribution in [0.5, 0.6) is 0 Å². The van der Waals surface area contributed by atoms with Gasteiger partial charge in [-0.1, -0.05) is 364 Å². The van der Waals surface area contributed by atoms with E-state index in [1.165, 1.54) is 16.7 Å². The fourth-order valence-corrected chi connectivity index (χ4v) is 21.0. The number of nitrogens with zero attached hydrogens (tertiary/aromatic N) is 4. The lowest BCUT2D eigenvalue weighted by Gasteiger charge is -2.20. The van der Waals surface area contributed by atoms with Crippen LogP contribution in [-0.2, 0) is 9.13 Å². The van der Waals surface area contributed by atoms with Crippen molar-refractivity contribution < 1.29 is 9.13 Å². The van der Waals surface area contributed by atoms with E-state index in [2.05, 4.69) is 243 Å². The predicted octanol–water partition coefficient (Wildman–Crippen LogP) is 23.5. The van der Waals surface area contributed by atoms with Crippen LogP contribution in [-0.4, -0.2) is 19.9 Å². The molecule has 108 heavy (non-hydrogen) atoms. The molecule has 508 valence electrons. The fourth-order valence-electron chi connectivity index (χ4n) is 15.7. The van der Waals surface area contributed by atoms with Crippen LogP contribution in [0.4, 0.5) is 0 Å². The predicted molar refractivity (Wildman–Crippen MR) is 456 cm³/mol. The summed E-state index contributed by atoms with van der Waals surface area (Å²) >= 11 is 0. The number of aromatic nitrogens is 4. The second-order valence-corrected chi connectivity index (χ2v) is 32.9. The Kier molecular flexibility index (Phi) is 16.7. The molecule has 0 aliphatic heterocycles. The number of fused-ring (bicyclic) bond motifs is 10. The van der Waals surface area contributed by atoms with Crippen molar-refractivity contribution in [3.8, 4) is 67.0 Å². The second kappa shape index (κ2) is 27.6. The van der Waals surface area contributed by atoms with Gasteiger partial charge in [-0.15, -0.1) is 0 Å². The minimum absolute atomic E-state index is 0.814. The molecule has 0 fully saturated rings. The first-order valence-corrected chi connectivity index (χ1v) is 39.8. The molecular weight excluding hydrogens is 1350 g/mol. The molecule has 0 bridgehead atoms. The highest BCUT2D eigenvalue weighted by molar-refractivity contribution is 7.85. The van der Waals surface area contributed by atoms with Gasteiger partial charge in [0, 0.05) is 86.4 Å². The lowest BCUT2D eigenvalue weighted by atomic mass is 9.93. The first-order valence-electron chi connectivity index (χ1n) is 36.4. The van der Waals surface area contributed by atoms with Crippen molar-refractivity contribution >= 4 is 133 Å². The second-order valence-electron chi connectivity index (χ2n) is 27.3. The third-order valence-electron chi connectivity index (χ3n) is 21.1. The number of hydrogen-bond acceptors (Lipinski definition) is 6. The Balaban J connectivity index is 0.000000147. The first kappa shape index (κ1) is 65.4. The average Bonchev–Trinajstić information content (AvgIpc) is 0.742. The average molecular weight is 1420 g/mol. The molecule has 0 spiro atoms. The minimum atomic E-state index is -3.07. The molecule has 16 aromatic carbocycles. The molecular formula is C100H66N4O2P2. The maximum absolute atomic E-state index is 15.0. The Bertz CT molecular complexity index is 6860. The maximum atomic E-state index is 15.0. The molecule has 0 radical (unpaired) electrons. The molecule has 20 rings (SSSR count). The van der Waals surface area contributed by atoms with Crippen molar-refractivity contribution in [3.63, 3.8) is 0 Å². The van der Waals surface area contributed by atoms with Crippen molar-refractivity contribution in [2.75, 3.05) is 0 Å². The highest BCUT2D eigenvalue weighted by Crippen LogP contribution is 2.47. The Morgan fingerprint density at radius 3 is 0.972 bits per heavy atom. The monoisotopic (exact) mass is 1420 g/mol. The Morgan fingerprint density at radius 1 is 0.185 bits per heavy atom. The Hall–Kier alpha value is -13.3. The molecule has 4 heterocycles. The smallest absolute Gasteiger partial charge is 0.171 e. The van der Waals surface area contributed by atoms with Crippen LogP contribution in [0.1, 0.15) is 0 Å². The summed E-state index contributed by atoms with van der Waals surface area (Å²) in [7, 11) is -6.10. The molecule has 0 saturated carbocycles. The van der Waals surface area contributed by atoms with E-state index in [0.29, 0.717) is 0 Å². The van der Waals surface area contributed by atoms with Gasteiger partial charge in [0.2, 0.25) is 0 Å². The summed E-state index contributed by atoms with van der Waals surface area (Å²) < 4.78 is 29.8. The van der Waals surface area contributed by atoms with Gasteiger partial charge in [0.15, 0.2) is 14.3 Å². The van der Waals surface area contributed by atoms with Crippen LogP contribution in [0.3, 0.4) is 0 Å². The van der Waals surface area contributed by atoms with Crippen molar-refractivity contribution in [3.05, 3.63) is 400 Å². The van der Waals surface area contributed by atoms with Crippen LogP contribution in [0, 0.1) is 0 Å². The van der Waals surface area contributed by atoms with Crippen molar-refractivity contribution in [1.82, 2.24) is 19.9 Å². The van der Waals surface area contributed by atoms with Gasteiger partial charge in [0.1, 0.15) is 0 Å². The van der Waals surface area contributed by atoms with Crippen molar-refractivity contribution in [1.29, 1.82) is 0 Å². The van der Waals surface area contributed by atoms with Crippen LogP contribution in [0.15, 0.2) is 400 Å². The zero-order chi connectivity index (χ0) is 72.1. The van der Waals surface area contributed by atoms with Gasteiger partial charge in [-0.25, -0.2) is 19.9 Å². The summed E-state index contributed by atoms with van der Waals surface area (Å²) in [5.41, 5.74) is 18.5. The molecule has 6 nitrogen and oxygen atoms in total. The third kappa shape index (κ3) is 11.6. The normalized spacial score (nSPS) is 11.8. The number of rotatable bonds is 12. The van der Waals surface area contributed by atoms with Crippen LogP contribution in [0.2, 0.25) is 0 Å². The SMILES string of the molecule is O=P(c1ccccc1)(c1ccccc1)c1ccc(-c2ccc(-c3ccc4ccc5c(-c6ccccc6)c6ccccc6nc5c4n3)c3ccccc23)cc1.O=P(c1ccccc1)(c1ccccc1)c1ccc(-c2ccc3cc(-c4ccc5ccc6c(-c7ccccc7)c7ccccc7nc6c5n4)ccc3c2)cc1. The Morgan fingerprint density at radius 2 is 0.509 bits per heavy atom. The molecule has 0 amide bonds. The summed E-state index contributed by atoms with van der Waals surface area (Å²) in [5, 5.41) is 16.1. The zero-order valence-corrected chi connectivity index (χ0v) is 60.4. The van der Waals surface area contributed by atoms with Crippen LogP contribution >= 0.6 is 14.3 Å². The van der Waals surface area contributed by atoms with E-state index in [4.69, 9.17) is 19.9 Å². The molecule has 0 N–H and O–H groups in total. The number of hydrogen-bond donors (Lipinski definition) is 0. The highest BCUT2D eigenvalue weighted by atomic mass is 31.2. The van der Waals surface area contributed by atoms with E-state index in [-0.39, 0.29) is 0 Å². The zero-order valence-electron chi connectivity index (χ0n) is 58.6. The van der Waals surface area contributed by atoms with Crippen molar-refractivity contribution in [2.45, 2.75) is 0 Å². The topological polar surface area (TPSA) is 85.7 Å². The minimum Gasteiger partial charge on any atom is -0.309 e. The molecule has 0 saturated heterocycles. The highest BCUT2D eigenvalue weighted by Gasteiger charge is 2.31. The van der Waals surface area contributed by atoms with E-state index in [1.54, 1.807) is 0 Å². The number of pyridine rings is 4. The van der Waals surface area contributed by atoms with E-state index >= 15 is 0 Å². The molecule has 0 atom stereocenters. The lowest BCUT2D eigenvalue weighted by Crippen LogP contribution is -2.24. The summed E-state index contributed by atoms with van der Waals surface area (Å²) in [6.07, 6.45) is 0. The molecule has 0 unspecified atom stereocenters. The van der Waals surface area contributed by atoms with Gasteiger partial charge in [0.25, 0.3) is 0 Å². The molecule has 0 aliphatic rings. The van der Waals surface area contributed by atoms with E-state index in [9.17, 15) is 9.13 Å². The van der Waals surface area contributed by atoms with E-state index in [0.717, 1.165) is 169 Å². The summed E-state index contributed by atoms with van der Waals surface area (Å²) in [6, 6.07) is 137. The Labute approximate surface area is 625 Å². The lowest BCUT2D eigenvalue weighted by molar-refractivity contribution is 0.591. The van der Waals surface area contributed by atoms with Crippen molar-refractivity contribution in [2.24, 2.45) is 0 Å². The largest absolute Gasteiger partial charge is 0.309 e. The number of para-hydroxylation sites is 2. The maximum Gasteiger partial charge on any atom is 0.171 e.